The molecule has 0 radical (unpaired) electrons. The van der Waals surface area contributed by atoms with Crippen molar-refractivity contribution in [3.8, 4) is 5.75 Å². The van der Waals surface area contributed by atoms with Gasteiger partial charge in [0.05, 0.1) is 11.7 Å². The molecule has 1 aliphatic heterocycles. The average molecular weight is 285 g/mol. The van der Waals surface area contributed by atoms with E-state index in [-0.39, 0.29) is 17.5 Å². The molecule has 3 heteroatoms. The summed E-state index contributed by atoms with van der Waals surface area (Å²) in [6, 6.07) is 13.1. The molecular formula is C18H20FNO. The molecule has 0 bridgehead atoms. The molecule has 110 valence electrons. The summed E-state index contributed by atoms with van der Waals surface area (Å²) in [5, 5.41) is 3.35. The molecule has 3 rings (SSSR count). The van der Waals surface area contributed by atoms with E-state index in [2.05, 4.69) is 19.2 Å². The zero-order valence-electron chi connectivity index (χ0n) is 12.6. The van der Waals surface area contributed by atoms with Crippen molar-refractivity contribution in [2.24, 2.45) is 0 Å². The lowest BCUT2D eigenvalue weighted by Crippen LogP contribution is -2.37. The third-order valence-electron chi connectivity index (χ3n) is 3.83. The first-order chi connectivity index (χ1) is 9.94. The molecule has 0 amide bonds. The third-order valence-corrected chi connectivity index (χ3v) is 3.83. The van der Waals surface area contributed by atoms with E-state index in [9.17, 15) is 4.39 Å². The zero-order valence-corrected chi connectivity index (χ0v) is 12.6. The quantitative estimate of drug-likeness (QED) is 0.851. The lowest BCUT2D eigenvalue weighted by molar-refractivity contribution is 0.0758. The summed E-state index contributed by atoms with van der Waals surface area (Å²) in [5.74, 6) is 0.654. The minimum Gasteiger partial charge on any atom is -0.487 e. The third kappa shape index (κ3) is 2.87. The van der Waals surface area contributed by atoms with Crippen LogP contribution in [0, 0.1) is 12.7 Å². The average Bonchev–Trinajstić information content (AvgIpc) is 2.41. The number of hydrogen-bond acceptors (Lipinski definition) is 2. The Kier molecular flexibility index (Phi) is 3.36. The minimum absolute atomic E-state index is 0.0428. The van der Waals surface area contributed by atoms with Crippen LogP contribution >= 0.6 is 0 Å². The fraction of sp³-hybridized carbons (Fsp3) is 0.333. The van der Waals surface area contributed by atoms with Crippen LogP contribution in [0.15, 0.2) is 42.5 Å². The predicted molar refractivity (Wildman–Crippen MR) is 83.3 cm³/mol. The Morgan fingerprint density at radius 1 is 1.19 bits per heavy atom. The fourth-order valence-electron chi connectivity index (χ4n) is 2.87. The SMILES string of the molecule is Cc1ccc(F)c(NC2CC(C)(C)Oc3ccccc32)c1. The Morgan fingerprint density at radius 2 is 1.95 bits per heavy atom. The van der Waals surface area contributed by atoms with E-state index in [0.29, 0.717) is 5.69 Å². The Balaban J connectivity index is 1.96. The molecule has 0 saturated heterocycles. The molecule has 0 aromatic heterocycles. The predicted octanol–water partition coefficient (Wildman–Crippen LogP) is 4.85. The van der Waals surface area contributed by atoms with Crippen molar-refractivity contribution in [3.05, 3.63) is 59.4 Å². The topological polar surface area (TPSA) is 21.3 Å². The van der Waals surface area contributed by atoms with Crippen molar-refractivity contribution in [3.63, 3.8) is 0 Å². The highest BCUT2D eigenvalue weighted by Gasteiger charge is 2.33. The molecule has 2 nitrogen and oxygen atoms in total. The number of ether oxygens (including phenoxy) is 1. The number of fused-ring (bicyclic) bond motifs is 1. The standard InChI is InChI=1S/C18H20FNO/c1-12-8-9-14(19)15(10-12)20-16-11-18(2,3)21-17-7-5-4-6-13(16)17/h4-10,16,20H,11H2,1-3H3. The van der Waals surface area contributed by atoms with Gasteiger partial charge in [-0.05, 0) is 44.5 Å². The summed E-state index contributed by atoms with van der Waals surface area (Å²) in [5.41, 5.74) is 2.40. The van der Waals surface area contributed by atoms with Crippen LogP contribution in [0.4, 0.5) is 10.1 Å². The summed E-state index contributed by atoms with van der Waals surface area (Å²) < 4.78 is 20.0. The van der Waals surface area contributed by atoms with Crippen LogP contribution in [-0.4, -0.2) is 5.60 Å². The van der Waals surface area contributed by atoms with Crippen molar-refractivity contribution in [1.29, 1.82) is 0 Å². The van der Waals surface area contributed by atoms with Gasteiger partial charge in [-0.15, -0.1) is 0 Å². The van der Waals surface area contributed by atoms with Crippen molar-refractivity contribution < 1.29 is 9.13 Å². The molecule has 0 fully saturated rings. The van der Waals surface area contributed by atoms with Crippen LogP contribution in [0.5, 0.6) is 5.75 Å². The maximum Gasteiger partial charge on any atom is 0.146 e. The number of rotatable bonds is 2. The van der Waals surface area contributed by atoms with Crippen LogP contribution in [0.1, 0.15) is 37.4 Å². The number of nitrogens with one attached hydrogen (secondary N) is 1. The highest BCUT2D eigenvalue weighted by atomic mass is 19.1. The molecular weight excluding hydrogens is 265 g/mol. The van der Waals surface area contributed by atoms with Crippen LogP contribution in [0.2, 0.25) is 0 Å². The van der Waals surface area contributed by atoms with Gasteiger partial charge in [0.2, 0.25) is 0 Å². The second-order valence-corrected chi connectivity index (χ2v) is 6.28. The van der Waals surface area contributed by atoms with Gasteiger partial charge in [0.15, 0.2) is 0 Å². The number of anilines is 1. The van der Waals surface area contributed by atoms with E-state index in [0.717, 1.165) is 23.3 Å². The summed E-state index contributed by atoms with van der Waals surface area (Å²) in [4.78, 5) is 0. The monoisotopic (exact) mass is 285 g/mol. The number of benzene rings is 2. The van der Waals surface area contributed by atoms with Gasteiger partial charge in [-0.2, -0.15) is 0 Å². The first kappa shape index (κ1) is 13.9. The summed E-state index contributed by atoms with van der Waals surface area (Å²) in [6.07, 6.45) is 0.789. The number of aryl methyl sites for hydroxylation is 1. The van der Waals surface area contributed by atoms with Gasteiger partial charge in [-0.1, -0.05) is 24.3 Å². The molecule has 0 saturated carbocycles. The van der Waals surface area contributed by atoms with Gasteiger partial charge in [0.25, 0.3) is 0 Å². The Labute approximate surface area is 125 Å². The van der Waals surface area contributed by atoms with Crippen LogP contribution in [-0.2, 0) is 0 Å². The Morgan fingerprint density at radius 3 is 2.76 bits per heavy atom. The molecule has 1 atom stereocenters. The van der Waals surface area contributed by atoms with E-state index < -0.39 is 0 Å². The van der Waals surface area contributed by atoms with Gasteiger partial charge in [-0.25, -0.2) is 4.39 Å². The second-order valence-electron chi connectivity index (χ2n) is 6.28. The van der Waals surface area contributed by atoms with Crippen molar-refractivity contribution in [2.75, 3.05) is 5.32 Å². The molecule has 1 unspecified atom stereocenters. The summed E-state index contributed by atoms with van der Waals surface area (Å²) >= 11 is 0. The Bertz CT molecular complexity index is 666. The van der Waals surface area contributed by atoms with Gasteiger partial charge >= 0.3 is 0 Å². The van der Waals surface area contributed by atoms with Crippen molar-refractivity contribution in [2.45, 2.75) is 38.8 Å². The molecule has 1 N–H and O–H groups in total. The molecule has 1 aliphatic rings. The van der Waals surface area contributed by atoms with Gasteiger partial charge in [0.1, 0.15) is 17.2 Å². The molecule has 0 spiro atoms. The van der Waals surface area contributed by atoms with E-state index >= 15 is 0 Å². The Hall–Kier alpha value is -2.03. The molecule has 0 aliphatic carbocycles. The molecule has 21 heavy (non-hydrogen) atoms. The molecule has 2 aromatic rings. The largest absolute Gasteiger partial charge is 0.487 e. The highest BCUT2D eigenvalue weighted by molar-refractivity contribution is 5.51. The van der Waals surface area contributed by atoms with Crippen LogP contribution in [0.3, 0.4) is 0 Å². The fourth-order valence-corrected chi connectivity index (χ4v) is 2.87. The van der Waals surface area contributed by atoms with Crippen LogP contribution in [0.25, 0.3) is 0 Å². The highest BCUT2D eigenvalue weighted by Crippen LogP contribution is 2.41. The first-order valence-corrected chi connectivity index (χ1v) is 7.25. The first-order valence-electron chi connectivity index (χ1n) is 7.25. The molecule has 2 aromatic carbocycles. The normalized spacial score (nSPS) is 19.5. The van der Waals surface area contributed by atoms with E-state index in [1.54, 1.807) is 6.07 Å². The smallest absolute Gasteiger partial charge is 0.146 e. The number of halogens is 1. The number of para-hydroxylation sites is 1. The van der Waals surface area contributed by atoms with Crippen molar-refractivity contribution in [1.82, 2.24) is 0 Å². The number of hydrogen-bond donors (Lipinski definition) is 1. The molecule has 1 heterocycles. The van der Waals surface area contributed by atoms with E-state index in [1.165, 1.54) is 6.07 Å². The maximum absolute atomic E-state index is 14.0. The second kappa shape index (κ2) is 5.06. The van der Waals surface area contributed by atoms with Crippen molar-refractivity contribution >= 4 is 5.69 Å². The minimum atomic E-state index is -0.272. The van der Waals surface area contributed by atoms with Gasteiger partial charge in [0, 0.05) is 12.0 Å². The van der Waals surface area contributed by atoms with Crippen LogP contribution < -0.4 is 10.1 Å². The summed E-state index contributed by atoms with van der Waals surface area (Å²) in [7, 11) is 0. The zero-order chi connectivity index (χ0) is 15.0. The van der Waals surface area contributed by atoms with E-state index in [1.807, 2.05) is 37.3 Å². The maximum atomic E-state index is 14.0. The van der Waals surface area contributed by atoms with Gasteiger partial charge < -0.3 is 10.1 Å². The van der Waals surface area contributed by atoms with Gasteiger partial charge in [-0.3, -0.25) is 0 Å². The summed E-state index contributed by atoms with van der Waals surface area (Å²) in [6.45, 7) is 6.08. The van der Waals surface area contributed by atoms with E-state index in [4.69, 9.17) is 4.74 Å². The lowest BCUT2D eigenvalue weighted by atomic mass is 9.89. The lowest BCUT2D eigenvalue weighted by Gasteiger charge is -2.38.